The smallest absolute Gasteiger partial charge is 0.334 e. The first-order valence-electron chi connectivity index (χ1n) is 9.52. The van der Waals surface area contributed by atoms with Crippen LogP contribution in [0.15, 0.2) is 42.0 Å². The second kappa shape index (κ2) is 9.33. The van der Waals surface area contributed by atoms with Crippen molar-refractivity contribution in [2.75, 3.05) is 13.2 Å². The molecule has 144 valence electrons. The van der Waals surface area contributed by atoms with Gasteiger partial charge >= 0.3 is 5.97 Å². The number of carbonyl (C=O) groups excluding carboxylic acids is 1. The van der Waals surface area contributed by atoms with Gasteiger partial charge in [0, 0.05) is 12.0 Å². The van der Waals surface area contributed by atoms with Gasteiger partial charge in [-0.3, -0.25) is 0 Å². The molecule has 1 aromatic rings. The third kappa shape index (κ3) is 5.42. The zero-order valence-electron chi connectivity index (χ0n) is 16.4. The van der Waals surface area contributed by atoms with Crippen LogP contribution < -0.4 is 0 Å². The van der Waals surface area contributed by atoms with Crippen LogP contribution in [0.5, 0.6) is 0 Å². The predicted octanol–water partition coefficient (Wildman–Crippen LogP) is 4.13. The summed E-state index contributed by atoms with van der Waals surface area (Å²) in [5.74, 6) is 1.31. The average molecular weight is 360 g/mol. The first-order valence-corrected chi connectivity index (χ1v) is 9.52. The molecule has 0 aromatic heterocycles. The number of allylic oxidation sites excluding steroid dienone is 1. The Morgan fingerprint density at radius 2 is 1.85 bits per heavy atom. The molecule has 1 saturated heterocycles. The molecule has 1 aliphatic heterocycles. The molecule has 1 fully saturated rings. The number of hydrogen-bond donors (Lipinski definition) is 1. The number of ether oxygens (including phenoxy) is 2. The van der Waals surface area contributed by atoms with Crippen molar-refractivity contribution in [3.05, 3.63) is 47.5 Å². The molecular formula is C22H32O4. The predicted molar refractivity (Wildman–Crippen MR) is 102 cm³/mol. The highest BCUT2D eigenvalue weighted by atomic mass is 16.6. The second-order valence-electron chi connectivity index (χ2n) is 8.00. The Morgan fingerprint density at radius 3 is 2.42 bits per heavy atom. The molecule has 0 amide bonds. The number of hydrogen-bond acceptors (Lipinski definition) is 4. The monoisotopic (exact) mass is 360 g/mol. The van der Waals surface area contributed by atoms with Gasteiger partial charge in [0.05, 0.1) is 19.8 Å². The van der Waals surface area contributed by atoms with Gasteiger partial charge in [-0.2, -0.15) is 0 Å². The standard InChI is InChI=1S/C22H32O4/c1-16(2)20(17(3)4)11-10-19-12-22(14-23,26-21(19)24)15-25-13-18-8-6-5-7-9-18/h5-10,16-17,20,23H,11-15H2,1-4H3/b19-10-. The molecule has 1 aliphatic rings. The van der Waals surface area contributed by atoms with Crippen molar-refractivity contribution in [1.82, 2.24) is 0 Å². The Kier molecular flexibility index (Phi) is 7.42. The van der Waals surface area contributed by atoms with Crippen LogP contribution in [0.25, 0.3) is 0 Å². The number of esters is 1. The summed E-state index contributed by atoms with van der Waals surface area (Å²) in [6.45, 7) is 9.25. The number of carbonyl (C=O) groups is 1. The molecule has 1 N–H and O–H groups in total. The highest BCUT2D eigenvalue weighted by Gasteiger charge is 2.43. The van der Waals surface area contributed by atoms with Gasteiger partial charge in [-0.1, -0.05) is 64.1 Å². The first kappa shape index (κ1) is 20.7. The Morgan fingerprint density at radius 1 is 1.19 bits per heavy atom. The van der Waals surface area contributed by atoms with Crippen LogP contribution in [0.3, 0.4) is 0 Å². The summed E-state index contributed by atoms with van der Waals surface area (Å²) in [7, 11) is 0. The van der Waals surface area contributed by atoms with Crippen molar-refractivity contribution in [3.8, 4) is 0 Å². The summed E-state index contributed by atoms with van der Waals surface area (Å²) in [4.78, 5) is 12.3. The van der Waals surface area contributed by atoms with E-state index in [0.717, 1.165) is 12.0 Å². The Balaban J connectivity index is 1.96. The van der Waals surface area contributed by atoms with Crippen LogP contribution in [0.2, 0.25) is 0 Å². The van der Waals surface area contributed by atoms with Crippen LogP contribution in [-0.4, -0.2) is 29.9 Å². The van der Waals surface area contributed by atoms with E-state index in [1.54, 1.807) is 0 Å². The van der Waals surface area contributed by atoms with E-state index in [1.807, 2.05) is 36.4 Å². The minimum Gasteiger partial charge on any atom is -0.450 e. The molecule has 0 bridgehead atoms. The lowest BCUT2D eigenvalue weighted by Crippen LogP contribution is -2.38. The minimum atomic E-state index is -0.956. The van der Waals surface area contributed by atoms with Crippen molar-refractivity contribution in [3.63, 3.8) is 0 Å². The molecule has 4 nitrogen and oxygen atoms in total. The van der Waals surface area contributed by atoms with Gasteiger partial charge in [0.1, 0.15) is 0 Å². The van der Waals surface area contributed by atoms with Crippen molar-refractivity contribution < 1.29 is 19.4 Å². The third-order valence-electron chi connectivity index (χ3n) is 5.20. The van der Waals surface area contributed by atoms with Crippen LogP contribution in [-0.2, 0) is 20.9 Å². The van der Waals surface area contributed by atoms with Gasteiger partial charge < -0.3 is 14.6 Å². The van der Waals surface area contributed by atoms with Gasteiger partial charge in [-0.25, -0.2) is 4.79 Å². The zero-order chi connectivity index (χ0) is 19.2. The largest absolute Gasteiger partial charge is 0.450 e. The summed E-state index contributed by atoms with van der Waals surface area (Å²) >= 11 is 0. The number of rotatable bonds is 9. The van der Waals surface area contributed by atoms with Gasteiger partial charge in [0.25, 0.3) is 0 Å². The van der Waals surface area contributed by atoms with Crippen LogP contribution in [0.4, 0.5) is 0 Å². The molecule has 26 heavy (non-hydrogen) atoms. The maximum Gasteiger partial charge on any atom is 0.334 e. The average Bonchev–Trinajstić information content (AvgIpc) is 2.92. The summed E-state index contributed by atoms with van der Waals surface area (Å²) in [5.41, 5.74) is 0.758. The molecule has 0 radical (unpaired) electrons. The van der Waals surface area contributed by atoms with E-state index >= 15 is 0 Å². The molecule has 0 spiro atoms. The molecule has 2 rings (SSSR count). The van der Waals surface area contributed by atoms with Crippen LogP contribution >= 0.6 is 0 Å². The third-order valence-corrected chi connectivity index (χ3v) is 5.20. The fourth-order valence-corrected chi connectivity index (χ4v) is 3.61. The lowest BCUT2D eigenvalue weighted by Gasteiger charge is -2.24. The zero-order valence-corrected chi connectivity index (χ0v) is 16.4. The summed E-state index contributed by atoms with van der Waals surface area (Å²) < 4.78 is 11.3. The molecule has 0 saturated carbocycles. The molecule has 4 heteroatoms. The maximum absolute atomic E-state index is 12.3. The second-order valence-corrected chi connectivity index (χ2v) is 8.00. The normalized spacial score (nSPS) is 22.0. The van der Waals surface area contributed by atoms with Crippen molar-refractivity contribution in [2.24, 2.45) is 17.8 Å². The number of cyclic esters (lactones) is 1. The fourth-order valence-electron chi connectivity index (χ4n) is 3.61. The summed E-state index contributed by atoms with van der Waals surface area (Å²) in [6.07, 6.45) is 3.26. The quantitative estimate of drug-likeness (QED) is 0.531. The number of benzene rings is 1. The van der Waals surface area contributed by atoms with Crippen molar-refractivity contribution >= 4 is 5.97 Å². The van der Waals surface area contributed by atoms with Crippen LogP contribution in [0.1, 0.15) is 46.1 Å². The summed E-state index contributed by atoms with van der Waals surface area (Å²) in [5, 5.41) is 9.82. The molecule has 1 unspecified atom stereocenters. The molecule has 1 heterocycles. The highest BCUT2D eigenvalue weighted by Crippen LogP contribution is 2.33. The van der Waals surface area contributed by atoms with Gasteiger partial charge in [0.15, 0.2) is 5.60 Å². The van der Waals surface area contributed by atoms with E-state index in [2.05, 4.69) is 27.7 Å². The van der Waals surface area contributed by atoms with Gasteiger partial charge in [-0.05, 0) is 29.7 Å². The lowest BCUT2D eigenvalue weighted by atomic mass is 9.82. The molecule has 0 aliphatic carbocycles. The number of aliphatic hydroxyl groups excluding tert-OH is 1. The molecule has 1 aromatic carbocycles. The Hall–Kier alpha value is -1.65. The first-order chi connectivity index (χ1) is 12.4. The van der Waals surface area contributed by atoms with E-state index in [9.17, 15) is 9.90 Å². The van der Waals surface area contributed by atoms with E-state index < -0.39 is 5.60 Å². The fraction of sp³-hybridized carbons (Fsp3) is 0.591. The SMILES string of the molecule is CC(C)C(C/C=C1/CC(CO)(COCc2ccccc2)OC1=O)C(C)C. The van der Waals surface area contributed by atoms with Crippen molar-refractivity contribution in [1.29, 1.82) is 0 Å². The Bertz CT molecular complexity index is 598. The maximum atomic E-state index is 12.3. The number of aliphatic hydroxyl groups is 1. The highest BCUT2D eigenvalue weighted by molar-refractivity contribution is 5.91. The molecular weight excluding hydrogens is 328 g/mol. The van der Waals surface area contributed by atoms with Crippen molar-refractivity contribution in [2.45, 2.75) is 52.7 Å². The van der Waals surface area contributed by atoms with E-state index in [4.69, 9.17) is 9.47 Å². The van der Waals surface area contributed by atoms with E-state index in [0.29, 0.717) is 36.4 Å². The van der Waals surface area contributed by atoms with Gasteiger partial charge in [-0.15, -0.1) is 0 Å². The summed E-state index contributed by atoms with van der Waals surface area (Å²) in [6, 6.07) is 9.83. The lowest BCUT2D eigenvalue weighted by molar-refractivity contribution is -0.157. The van der Waals surface area contributed by atoms with Crippen LogP contribution in [0, 0.1) is 17.8 Å². The van der Waals surface area contributed by atoms with E-state index in [1.165, 1.54) is 0 Å². The topological polar surface area (TPSA) is 55.8 Å². The Labute approximate surface area is 157 Å². The molecule has 1 atom stereocenters. The minimum absolute atomic E-state index is 0.194. The van der Waals surface area contributed by atoms with Gasteiger partial charge in [0.2, 0.25) is 0 Å². The van der Waals surface area contributed by atoms with E-state index in [-0.39, 0.29) is 19.2 Å².